The number of hydrogen-bond donors (Lipinski definition) is 0. The normalized spacial score (nSPS) is 30.1. The van der Waals surface area contributed by atoms with Crippen LogP contribution in [0.4, 0.5) is 0 Å². The fraction of sp³-hybridized carbons (Fsp3) is 0.684. The second-order valence-electron chi connectivity index (χ2n) is 7.61. The molecule has 2 atom stereocenters. The van der Waals surface area contributed by atoms with E-state index in [0.29, 0.717) is 11.3 Å². The first-order valence-corrected chi connectivity index (χ1v) is 8.33. The molecular weight excluding hydrogens is 242 g/mol. The molecule has 0 N–H and O–H groups in total. The van der Waals surface area contributed by atoms with Crippen LogP contribution in [0.1, 0.15) is 69.1 Å². The number of aryl methyl sites for hydroxylation is 1. The third-order valence-electron chi connectivity index (χ3n) is 5.75. The van der Waals surface area contributed by atoms with Gasteiger partial charge in [-0.1, -0.05) is 39.0 Å². The molecule has 1 saturated heterocycles. The number of rotatable bonds is 3. The van der Waals surface area contributed by atoms with Crippen molar-refractivity contribution in [2.24, 2.45) is 0 Å². The minimum absolute atomic E-state index is 0.406. The van der Waals surface area contributed by atoms with Crippen LogP contribution < -0.4 is 0 Å². The van der Waals surface area contributed by atoms with Crippen LogP contribution in [-0.2, 0) is 11.8 Å². The van der Waals surface area contributed by atoms with Gasteiger partial charge in [0.05, 0.1) is 0 Å². The van der Waals surface area contributed by atoms with E-state index >= 15 is 0 Å². The van der Waals surface area contributed by atoms with Gasteiger partial charge in [-0.3, -0.25) is 0 Å². The highest BCUT2D eigenvalue weighted by atomic mass is 15.1. The maximum absolute atomic E-state index is 2.58. The fourth-order valence-corrected chi connectivity index (χ4v) is 4.25. The summed E-state index contributed by atoms with van der Waals surface area (Å²) in [5.41, 5.74) is 5.18. The van der Waals surface area contributed by atoms with Crippen LogP contribution in [0.3, 0.4) is 0 Å². The number of nitrogens with zero attached hydrogens (tertiary/aromatic N) is 1. The Balaban J connectivity index is 1.88. The van der Waals surface area contributed by atoms with E-state index in [4.69, 9.17) is 0 Å². The lowest BCUT2D eigenvalue weighted by atomic mass is 9.77. The van der Waals surface area contributed by atoms with Crippen molar-refractivity contribution in [3.8, 4) is 0 Å². The number of likely N-dealkylation sites (tertiary alicyclic amines) is 1. The third kappa shape index (κ3) is 2.41. The van der Waals surface area contributed by atoms with E-state index in [1.807, 2.05) is 0 Å². The molecule has 3 rings (SSSR count). The van der Waals surface area contributed by atoms with E-state index in [-0.39, 0.29) is 0 Å². The first-order valence-electron chi connectivity index (χ1n) is 8.33. The molecule has 0 bridgehead atoms. The molecule has 1 aromatic rings. The Morgan fingerprint density at radius 3 is 2.80 bits per heavy atom. The van der Waals surface area contributed by atoms with Crippen LogP contribution in [0.25, 0.3) is 0 Å². The smallest absolute Gasteiger partial charge is 0.0101 e. The third-order valence-corrected chi connectivity index (χ3v) is 5.75. The summed E-state index contributed by atoms with van der Waals surface area (Å²) in [4.78, 5) is 2.58. The summed E-state index contributed by atoms with van der Waals surface area (Å²) in [6, 6.07) is 8.06. The highest BCUT2D eigenvalue weighted by Crippen LogP contribution is 2.44. The van der Waals surface area contributed by atoms with E-state index in [1.54, 1.807) is 11.1 Å². The lowest BCUT2D eigenvalue weighted by Crippen LogP contribution is -2.33. The molecule has 0 unspecified atom stereocenters. The second-order valence-corrected chi connectivity index (χ2v) is 7.61. The van der Waals surface area contributed by atoms with Crippen molar-refractivity contribution in [3.05, 3.63) is 34.9 Å². The Labute approximate surface area is 124 Å². The average Bonchev–Trinajstić information content (AvgIpc) is 2.95. The Morgan fingerprint density at radius 2 is 2.15 bits per heavy atom. The SMILES string of the molecule is CC(C)c1ccc2c(c1)[C@](C)(C[C@H]1CCCN1C)CC2. The first kappa shape index (κ1) is 14.1. The van der Waals surface area contributed by atoms with Gasteiger partial charge in [0, 0.05) is 6.04 Å². The molecule has 0 aromatic heterocycles. The van der Waals surface area contributed by atoms with Gasteiger partial charge in [0.1, 0.15) is 0 Å². The van der Waals surface area contributed by atoms with Crippen molar-refractivity contribution >= 4 is 0 Å². The molecule has 1 heteroatoms. The zero-order valence-corrected chi connectivity index (χ0v) is 13.6. The molecule has 0 saturated carbocycles. The maximum Gasteiger partial charge on any atom is 0.0101 e. The van der Waals surface area contributed by atoms with Crippen LogP contribution in [-0.4, -0.2) is 24.5 Å². The highest BCUT2D eigenvalue weighted by molar-refractivity contribution is 5.42. The van der Waals surface area contributed by atoms with Crippen LogP contribution in [0.2, 0.25) is 0 Å². The molecule has 2 aliphatic rings. The van der Waals surface area contributed by atoms with Crippen LogP contribution in [0.5, 0.6) is 0 Å². The number of fused-ring (bicyclic) bond motifs is 1. The molecule has 1 aromatic carbocycles. The van der Waals surface area contributed by atoms with Crippen molar-refractivity contribution in [3.63, 3.8) is 0 Å². The van der Waals surface area contributed by atoms with Gasteiger partial charge in [-0.2, -0.15) is 0 Å². The topological polar surface area (TPSA) is 3.24 Å². The molecule has 0 radical (unpaired) electrons. The van der Waals surface area contributed by atoms with Crippen LogP contribution >= 0.6 is 0 Å². The zero-order valence-electron chi connectivity index (χ0n) is 13.6. The van der Waals surface area contributed by atoms with E-state index in [9.17, 15) is 0 Å². The molecule has 1 aliphatic heterocycles. The Kier molecular flexibility index (Phi) is 3.66. The van der Waals surface area contributed by atoms with Crippen molar-refractivity contribution in [1.29, 1.82) is 0 Å². The Bertz CT molecular complexity index is 491. The minimum atomic E-state index is 0.406. The molecule has 0 spiro atoms. The van der Waals surface area contributed by atoms with Crippen LogP contribution in [0.15, 0.2) is 18.2 Å². The van der Waals surface area contributed by atoms with Crippen molar-refractivity contribution < 1.29 is 0 Å². The molecule has 1 nitrogen and oxygen atoms in total. The van der Waals surface area contributed by atoms with Gasteiger partial charge in [-0.05, 0) is 73.7 Å². The summed E-state index contributed by atoms with van der Waals surface area (Å²) >= 11 is 0. The maximum atomic E-state index is 2.58. The van der Waals surface area contributed by atoms with Crippen LogP contribution in [0, 0.1) is 0 Å². The quantitative estimate of drug-likeness (QED) is 0.782. The molecule has 1 aliphatic carbocycles. The largest absolute Gasteiger partial charge is 0.303 e. The lowest BCUT2D eigenvalue weighted by molar-refractivity contribution is 0.245. The average molecular weight is 271 g/mol. The summed E-state index contributed by atoms with van der Waals surface area (Å²) in [6.45, 7) is 8.41. The molecular formula is C19H29N. The van der Waals surface area contributed by atoms with E-state index in [1.165, 1.54) is 44.2 Å². The monoisotopic (exact) mass is 271 g/mol. The van der Waals surface area contributed by atoms with Crippen molar-refractivity contribution in [2.75, 3.05) is 13.6 Å². The van der Waals surface area contributed by atoms with Gasteiger partial charge in [-0.25, -0.2) is 0 Å². The van der Waals surface area contributed by atoms with Gasteiger partial charge in [0.15, 0.2) is 0 Å². The molecule has 110 valence electrons. The number of hydrogen-bond acceptors (Lipinski definition) is 1. The predicted octanol–water partition coefficient (Wildman–Crippen LogP) is 4.50. The summed E-state index contributed by atoms with van der Waals surface area (Å²) in [6.07, 6.45) is 6.74. The minimum Gasteiger partial charge on any atom is -0.303 e. The lowest BCUT2D eigenvalue weighted by Gasteiger charge is -2.32. The molecule has 20 heavy (non-hydrogen) atoms. The van der Waals surface area contributed by atoms with E-state index in [2.05, 4.69) is 50.9 Å². The van der Waals surface area contributed by atoms with Crippen molar-refractivity contribution in [1.82, 2.24) is 4.90 Å². The van der Waals surface area contributed by atoms with Gasteiger partial charge in [-0.15, -0.1) is 0 Å². The van der Waals surface area contributed by atoms with E-state index < -0.39 is 0 Å². The Morgan fingerprint density at radius 1 is 1.35 bits per heavy atom. The molecule has 1 fully saturated rings. The molecule has 0 amide bonds. The Hall–Kier alpha value is -0.820. The summed E-state index contributed by atoms with van der Waals surface area (Å²) in [5, 5.41) is 0. The van der Waals surface area contributed by atoms with Gasteiger partial charge >= 0.3 is 0 Å². The van der Waals surface area contributed by atoms with Gasteiger partial charge in [0.2, 0.25) is 0 Å². The fourth-order valence-electron chi connectivity index (χ4n) is 4.25. The van der Waals surface area contributed by atoms with E-state index in [0.717, 1.165) is 6.04 Å². The number of benzene rings is 1. The van der Waals surface area contributed by atoms with Gasteiger partial charge in [0.25, 0.3) is 0 Å². The summed E-state index contributed by atoms with van der Waals surface area (Å²) < 4.78 is 0. The predicted molar refractivity (Wildman–Crippen MR) is 86.5 cm³/mol. The van der Waals surface area contributed by atoms with Crippen molar-refractivity contribution in [2.45, 2.75) is 70.3 Å². The van der Waals surface area contributed by atoms with Gasteiger partial charge < -0.3 is 4.90 Å². The standard InChI is InChI=1S/C19H29N/c1-14(2)16-8-7-15-9-10-19(3,18(15)12-16)13-17-6-5-11-20(17)4/h7-8,12,14,17H,5-6,9-11,13H2,1-4H3/t17-,19+/m1/s1. The summed E-state index contributed by atoms with van der Waals surface area (Å²) in [5.74, 6) is 0.638. The second kappa shape index (κ2) is 5.18. The first-order chi connectivity index (χ1) is 9.49. The zero-order chi connectivity index (χ0) is 14.3. The molecule has 1 heterocycles. The highest BCUT2D eigenvalue weighted by Gasteiger charge is 2.38. The summed E-state index contributed by atoms with van der Waals surface area (Å²) in [7, 11) is 2.31.